The second-order valence-corrected chi connectivity index (χ2v) is 8.61. The van der Waals surface area contributed by atoms with E-state index in [1.165, 1.54) is 24.3 Å². The van der Waals surface area contributed by atoms with Gasteiger partial charge in [0, 0.05) is 5.69 Å². The van der Waals surface area contributed by atoms with E-state index in [-0.39, 0.29) is 11.5 Å². The molecule has 0 saturated heterocycles. The SMILES string of the molecule is CSCCC(NC(=O)COc1ccccc1)C(=O)Nc1ccc(S(N)(=O)=O)cc1. The molecule has 4 N–H and O–H groups in total. The largest absolute Gasteiger partial charge is 0.484 e. The first-order valence-electron chi connectivity index (χ1n) is 8.69. The van der Waals surface area contributed by atoms with Crippen molar-refractivity contribution in [3.63, 3.8) is 0 Å². The monoisotopic (exact) mass is 437 g/mol. The van der Waals surface area contributed by atoms with Crippen molar-refractivity contribution < 1.29 is 22.7 Å². The minimum Gasteiger partial charge on any atom is -0.484 e. The van der Waals surface area contributed by atoms with Crippen LogP contribution in [0.1, 0.15) is 6.42 Å². The van der Waals surface area contributed by atoms with Crippen molar-refractivity contribution in [1.82, 2.24) is 5.32 Å². The summed E-state index contributed by atoms with van der Waals surface area (Å²) in [5, 5.41) is 10.4. The van der Waals surface area contributed by atoms with Crippen LogP contribution in [0.2, 0.25) is 0 Å². The lowest BCUT2D eigenvalue weighted by molar-refractivity contribution is -0.127. The van der Waals surface area contributed by atoms with Crippen LogP contribution in [0.15, 0.2) is 59.5 Å². The number of amides is 2. The third kappa shape index (κ3) is 7.76. The molecule has 0 aliphatic carbocycles. The second kappa shape index (κ2) is 10.8. The molecule has 0 spiro atoms. The summed E-state index contributed by atoms with van der Waals surface area (Å²) in [6, 6.07) is 13.6. The number of sulfonamides is 1. The Hall–Kier alpha value is -2.56. The van der Waals surface area contributed by atoms with Crippen molar-refractivity contribution in [2.24, 2.45) is 5.14 Å². The summed E-state index contributed by atoms with van der Waals surface area (Å²) in [6.07, 6.45) is 2.33. The number of nitrogens with one attached hydrogen (secondary N) is 2. The molecule has 29 heavy (non-hydrogen) atoms. The highest BCUT2D eigenvalue weighted by Gasteiger charge is 2.21. The first kappa shape index (κ1) is 22.7. The van der Waals surface area contributed by atoms with Crippen LogP contribution in [0, 0.1) is 0 Å². The number of thioether (sulfide) groups is 1. The maximum atomic E-state index is 12.6. The highest BCUT2D eigenvalue weighted by atomic mass is 32.2. The van der Waals surface area contributed by atoms with Gasteiger partial charge in [-0.2, -0.15) is 11.8 Å². The fourth-order valence-corrected chi connectivity index (χ4v) is 3.35. The Morgan fingerprint density at radius 1 is 1.10 bits per heavy atom. The van der Waals surface area contributed by atoms with E-state index in [4.69, 9.17) is 9.88 Å². The molecule has 0 fully saturated rings. The highest BCUT2D eigenvalue weighted by molar-refractivity contribution is 7.98. The molecular formula is C19H23N3O5S2. The molecule has 1 atom stereocenters. The molecule has 0 heterocycles. The lowest BCUT2D eigenvalue weighted by Crippen LogP contribution is -2.45. The summed E-state index contributed by atoms with van der Waals surface area (Å²) < 4.78 is 28.0. The van der Waals surface area contributed by atoms with Crippen molar-refractivity contribution in [2.45, 2.75) is 17.4 Å². The topological polar surface area (TPSA) is 128 Å². The number of carbonyl (C=O) groups excluding carboxylic acids is 2. The zero-order valence-corrected chi connectivity index (χ0v) is 17.5. The van der Waals surface area contributed by atoms with Gasteiger partial charge in [0.2, 0.25) is 15.9 Å². The van der Waals surface area contributed by atoms with Crippen molar-refractivity contribution in [3.8, 4) is 5.75 Å². The quantitative estimate of drug-likeness (QED) is 0.518. The van der Waals surface area contributed by atoms with E-state index in [2.05, 4.69) is 10.6 Å². The number of primary sulfonamides is 1. The van der Waals surface area contributed by atoms with Crippen LogP contribution in [-0.4, -0.2) is 44.9 Å². The summed E-state index contributed by atoms with van der Waals surface area (Å²) in [5.74, 6) is 0.403. The number of carbonyl (C=O) groups is 2. The Kier molecular flexibility index (Phi) is 8.50. The number of anilines is 1. The number of para-hydroxylation sites is 1. The smallest absolute Gasteiger partial charge is 0.258 e. The van der Waals surface area contributed by atoms with E-state index in [9.17, 15) is 18.0 Å². The van der Waals surface area contributed by atoms with Gasteiger partial charge in [0.1, 0.15) is 11.8 Å². The third-order valence-corrected chi connectivity index (χ3v) is 5.40. The van der Waals surface area contributed by atoms with E-state index in [0.717, 1.165) is 0 Å². The van der Waals surface area contributed by atoms with Crippen LogP contribution in [0.5, 0.6) is 5.75 Å². The van der Waals surface area contributed by atoms with Crippen LogP contribution in [0.4, 0.5) is 5.69 Å². The molecular weight excluding hydrogens is 414 g/mol. The summed E-state index contributed by atoms with van der Waals surface area (Å²) in [4.78, 5) is 24.7. The van der Waals surface area contributed by atoms with Gasteiger partial charge >= 0.3 is 0 Å². The average Bonchev–Trinajstić information content (AvgIpc) is 2.70. The standard InChI is InChI=1S/C19H23N3O5S2/c1-28-12-11-17(22-18(23)13-27-15-5-3-2-4-6-15)19(24)21-14-7-9-16(10-8-14)29(20,25)26/h2-10,17H,11-13H2,1H3,(H,21,24)(H,22,23)(H2,20,25,26). The number of benzene rings is 2. The number of rotatable bonds is 10. The van der Waals surface area contributed by atoms with E-state index >= 15 is 0 Å². The maximum absolute atomic E-state index is 12.6. The molecule has 0 aromatic heterocycles. The molecule has 2 aromatic rings. The molecule has 156 valence electrons. The van der Waals surface area contributed by atoms with Gasteiger partial charge in [-0.15, -0.1) is 0 Å². The van der Waals surface area contributed by atoms with E-state index < -0.39 is 27.9 Å². The zero-order chi connectivity index (χ0) is 21.3. The molecule has 1 unspecified atom stereocenters. The minimum absolute atomic E-state index is 0.0548. The van der Waals surface area contributed by atoms with Gasteiger partial charge in [-0.3, -0.25) is 9.59 Å². The third-order valence-electron chi connectivity index (χ3n) is 3.83. The highest BCUT2D eigenvalue weighted by Crippen LogP contribution is 2.14. The Morgan fingerprint density at radius 2 is 1.76 bits per heavy atom. The first-order valence-corrected chi connectivity index (χ1v) is 11.6. The molecule has 2 rings (SSSR count). The minimum atomic E-state index is -3.81. The average molecular weight is 438 g/mol. The summed E-state index contributed by atoms with van der Waals surface area (Å²) in [6.45, 7) is -0.212. The zero-order valence-electron chi connectivity index (χ0n) is 15.8. The molecule has 0 aliphatic heterocycles. The predicted octanol–water partition coefficient (Wildman–Crippen LogP) is 1.59. The van der Waals surface area contributed by atoms with Crippen LogP contribution >= 0.6 is 11.8 Å². The lowest BCUT2D eigenvalue weighted by Gasteiger charge is -2.18. The molecule has 2 aromatic carbocycles. The maximum Gasteiger partial charge on any atom is 0.258 e. The van der Waals surface area contributed by atoms with Gasteiger partial charge in [-0.1, -0.05) is 18.2 Å². The van der Waals surface area contributed by atoms with Gasteiger partial charge in [0.05, 0.1) is 4.90 Å². The summed E-state index contributed by atoms with van der Waals surface area (Å²) >= 11 is 1.55. The summed E-state index contributed by atoms with van der Waals surface area (Å²) in [5.41, 5.74) is 0.395. The molecule has 2 amide bonds. The molecule has 0 radical (unpaired) electrons. The van der Waals surface area contributed by atoms with Gasteiger partial charge in [0.15, 0.2) is 6.61 Å². The fourth-order valence-electron chi connectivity index (χ4n) is 2.36. The normalized spacial score (nSPS) is 12.1. The van der Waals surface area contributed by atoms with E-state index in [1.54, 1.807) is 36.0 Å². The Morgan fingerprint density at radius 3 is 2.34 bits per heavy atom. The molecule has 10 heteroatoms. The molecule has 0 saturated carbocycles. The second-order valence-electron chi connectivity index (χ2n) is 6.06. The Labute approximate surface area is 174 Å². The Balaban J connectivity index is 1.96. The van der Waals surface area contributed by atoms with Crippen LogP contribution < -0.4 is 20.5 Å². The van der Waals surface area contributed by atoms with E-state index in [1.807, 2.05) is 12.3 Å². The number of nitrogens with two attached hydrogens (primary N) is 1. The van der Waals surface area contributed by atoms with Crippen LogP contribution in [0.3, 0.4) is 0 Å². The summed E-state index contributed by atoms with van der Waals surface area (Å²) in [7, 11) is -3.81. The van der Waals surface area contributed by atoms with Crippen molar-refractivity contribution in [1.29, 1.82) is 0 Å². The van der Waals surface area contributed by atoms with E-state index in [0.29, 0.717) is 23.6 Å². The molecule has 8 nitrogen and oxygen atoms in total. The van der Waals surface area contributed by atoms with Gasteiger partial charge < -0.3 is 15.4 Å². The number of hydrogen-bond donors (Lipinski definition) is 3. The van der Waals surface area contributed by atoms with Crippen LogP contribution in [-0.2, 0) is 19.6 Å². The lowest BCUT2D eigenvalue weighted by atomic mass is 10.2. The van der Waals surface area contributed by atoms with Crippen LogP contribution in [0.25, 0.3) is 0 Å². The molecule has 0 aliphatic rings. The number of hydrogen-bond acceptors (Lipinski definition) is 6. The fraction of sp³-hybridized carbons (Fsp3) is 0.263. The predicted molar refractivity (Wildman–Crippen MR) is 113 cm³/mol. The van der Waals surface area contributed by atoms with Crippen molar-refractivity contribution in [2.75, 3.05) is 23.9 Å². The Bertz CT molecular complexity index is 919. The first-order chi connectivity index (χ1) is 13.8. The van der Waals surface area contributed by atoms with Gasteiger partial charge in [-0.25, -0.2) is 13.6 Å². The molecule has 0 bridgehead atoms. The number of ether oxygens (including phenoxy) is 1. The van der Waals surface area contributed by atoms with Crippen molar-refractivity contribution >= 4 is 39.3 Å². The van der Waals surface area contributed by atoms with Gasteiger partial charge in [0.25, 0.3) is 5.91 Å². The van der Waals surface area contributed by atoms with Gasteiger partial charge in [-0.05, 0) is 54.8 Å². The van der Waals surface area contributed by atoms with Crippen molar-refractivity contribution in [3.05, 3.63) is 54.6 Å².